The molecule has 7 heteroatoms. The number of hydrogen-bond donors (Lipinski definition) is 4. The number of para-hydroxylation sites is 1. The minimum absolute atomic E-state index is 0.255. The summed E-state index contributed by atoms with van der Waals surface area (Å²) in [5, 5.41) is 8.51. The highest BCUT2D eigenvalue weighted by Gasteiger charge is 2.26. The molecule has 1 aliphatic heterocycles. The van der Waals surface area contributed by atoms with E-state index in [4.69, 9.17) is 0 Å². The Kier molecular flexibility index (Phi) is 3.06. The second-order valence-electron chi connectivity index (χ2n) is 5.37. The number of benzene rings is 2. The van der Waals surface area contributed by atoms with Crippen LogP contribution in [0, 0.1) is 0 Å². The number of imide groups is 1. The van der Waals surface area contributed by atoms with Crippen molar-refractivity contribution in [1.29, 1.82) is 0 Å². The molecule has 1 aliphatic rings. The van der Waals surface area contributed by atoms with Crippen molar-refractivity contribution in [2.75, 3.05) is 10.6 Å². The molecule has 0 spiro atoms. The number of hydrogen-bond acceptors (Lipinski definition) is 3. The fourth-order valence-corrected chi connectivity index (χ4v) is 2.71. The standard InChI is InChI=1S/C17H12N4O3/c22-15-10-6-5-9(7-12(10)16(23)21-15)19-17(24)20-14-8-18-13-4-2-1-3-11(13)14/h1-8,18H,(H2,19,20,24)(H,21,22,23). The summed E-state index contributed by atoms with van der Waals surface area (Å²) in [5.74, 6) is -0.888. The van der Waals surface area contributed by atoms with E-state index in [1.165, 1.54) is 12.1 Å². The zero-order valence-corrected chi connectivity index (χ0v) is 12.3. The van der Waals surface area contributed by atoms with E-state index in [0.29, 0.717) is 16.9 Å². The number of nitrogens with one attached hydrogen (secondary N) is 4. The Morgan fingerprint density at radius 3 is 2.58 bits per heavy atom. The average molecular weight is 320 g/mol. The van der Waals surface area contributed by atoms with Crippen molar-refractivity contribution < 1.29 is 14.4 Å². The first-order valence-electron chi connectivity index (χ1n) is 7.26. The summed E-state index contributed by atoms with van der Waals surface area (Å²) < 4.78 is 0. The van der Waals surface area contributed by atoms with Gasteiger partial charge in [-0.1, -0.05) is 18.2 Å². The number of aromatic amines is 1. The Morgan fingerprint density at radius 1 is 0.917 bits per heavy atom. The lowest BCUT2D eigenvalue weighted by Crippen LogP contribution is -2.20. The Balaban J connectivity index is 1.54. The van der Waals surface area contributed by atoms with Crippen molar-refractivity contribution in [2.24, 2.45) is 0 Å². The third-order valence-electron chi connectivity index (χ3n) is 3.83. The molecule has 4 amide bonds. The molecule has 0 aliphatic carbocycles. The molecule has 0 radical (unpaired) electrons. The van der Waals surface area contributed by atoms with Crippen LogP contribution in [0.5, 0.6) is 0 Å². The Hall–Kier alpha value is -3.61. The number of carbonyl (C=O) groups excluding carboxylic acids is 3. The van der Waals surface area contributed by atoms with Crippen LogP contribution >= 0.6 is 0 Å². The molecule has 118 valence electrons. The molecule has 24 heavy (non-hydrogen) atoms. The minimum atomic E-state index is -0.462. The van der Waals surface area contributed by atoms with Crippen molar-refractivity contribution in [3.63, 3.8) is 0 Å². The van der Waals surface area contributed by atoms with Gasteiger partial charge in [0.2, 0.25) is 0 Å². The zero-order valence-electron chi connectivity index (χ0n) is 12.3. The van der Waals surface area contributed by atoms with E-state index in [0.717, 1.165) is 10.9 Å². The molecule has 0 fully saturated rings. The van der Waals surface area contributed by atoms with Gasteiger partial charge in [-0.25, -0.2) is 4.79 Å². The predicted molar refractivity (Wildman–Crippen MR) is 89.2 cm³/mol. The van der Waals surface area contributed by atoms with Gasteiger partial charge < -0.3 is 15.6 Å². The lowest BCUT2D eigenvalue weighted by molar-refractivity contribution is 0.0879. The topological polar surface area (TPSA) is 103 Å². The Morgan fingerprint density at radius 2 is 1.71 bits per heavy atom. The number of rotatable bonds is 2. The number of aromatic nitrogens is 1. The fraction of sp³-hybridized carbons (Fsp3) is 0. The summed E-state index contributed by atoms with van der Waals surface area (Å²) in [4.78, 5) is 38.4. The van der Waals surface area contributed by atoms with Gasteiger partial charge in [0.1, 0.15) is 0 Å². The summed E-state index contributed by atoms with van der Waals surface area (Å²) >= 11 is 0. The summed E-state index contributed by atoms with van der Waals surface area (Å²) in [5.41, 5.74) is 2.56. The first-order valence-corrected chi connectivity index (χ1v) is 7.26. The zero-order chi connectivity index (χ0) is 16.7. The van der Waals surface area contributed by atoms with Crippen LogP contribution < -0.4 is 16.0 Å². The van der Waals surface area contributed by atoms with Gasteiger partial charge in [0.05, 0.1) is 16.8 Å². The van der Waals surface area contributed by atoms with Crippen molar-refractivity contribution in [3.05, 3.63) is 59.8 Å². The third-order valence-corrected chi connectivity index (χ3v) is 3.83. The van der Waals surface area contributed by atoms with Gasteiger partial charge in [0.15, 0.2) is 0 Å². The molecule has 3 aromatic rings. The highest BCUT2D eigenvalue weighted by Crippen LogP contribution is 2.23. The smallest absolute Gasteiger partial charge is 0.323 e. The van der Waals surface area contributed by atoms with Crippen molar-refractivity contribution in [2.45, 2.75) is 0 Å². The molecule has 4 N–H and O–H groups in total. The lowest BCUT2D eigenvalue weighted by Gasteiger charge is -2.07. The number of fused-ring (bicyclic) bond motifs is 2. The second kappa shape index (κ2) is 5.24. The van der Waals surface area contributed by atoms with E-state index in [1.54, 1.807) is 12.3 Å². The number of carbonyl (C=O) groups is 3. The van der Waals surface area contributed by atoms with Crippen molar-refractivity contribution in [3.8, 4) is 0 Å². The molecular formula is C17H12N4O3. The second-order valence-corrected chi connectivity index (χ2v) is 5.37. The molecular weight excluding hydrogens is 308 g/mol. The van der Waals surface area contributed by atoms with Crippen LogP contribution in [0.15, 0.2) is 48.7 Å². The molecule has 2 aromatic carbocycles. The summed E-state index contributed by atoms with van der Waals surface area (Å²) in [6, 6.07) is 11.7. The quantitative estimate of drug-likeness (QED) is 0.546. The molecule has 0 bridgehead atoms. The van der Waals surface area contributed by atoms with Crippen molar-refractivity contribution >= 4 is 40.1 Å². The molecule has 0 unspecified atom stereocenters. The van der Waals surface area contributed by atoms with Crippen molar-refractivity contribution in [1.82, 2.24) is 10.3 Å². The molecule has 1 aromatic heterocycles. The monoisotopic (exact) mass is 320 g/mol. The average Bonchev–Trinajstić information content (AvgIpc) is 3.09. The van der Waals surface area contributed by atoms with Gasteiger partial charge in [0, 0.05) is 22.8 Å². The highest BCUT2D eigenvalue weighted by atomic mass is 16.2. The summed E-state index contributed by atoms with van der Waals surface area (Å²) in [6.07, 6.45) is 1.71. The molecule has 7 nitrogen and oxygen atoms in total. The van der Waals surface area contributed by atoms with Crippen LogP contribution in [0.25, 0.3) is 10.9 Å². The van der Waals surface area contributed by atoms with E-state index in [9.17, 15) is 14.4 Å². The predicted octanol–water partition coefficient (Wildman–Crippen LogP) is 2.70. The normalized spacial score (nSPS) is 12.8. The van der Waals surface area contributed by atoms with Gasteiger partial charge in [0.25, 0.3) is 11.8 Å². The van der Waals surface area contributed by atoms with E-state index >= 15 is 0 Å². The maximum Gasteiger partial charge on any atom is 0.323 e. The third kappa shape index (κ3) is 2.28. The van der Waals surface area contributed by atoms with E-state index in [-0.39, 0.29) is 5.56 Å². The number of urea groups is 1. The van der Waals surface area contributed by atoms with E-state index in [1.807, 2.05) is 24.3 Å². The lowest BCUT2D eigenvalue weighted by atomic mass is 10.1. The van der Waals surface area contributed by atoms with Crippen LogP contribution in [0.3, 0.4) is 0 Å². The van der Waals surface area contributed by atoms with Gasteiger partial charge in [-0.3, -0.25) is 14.9 Å². The first-order chi connectivity index (χ1) is 11.6. The largest absolute Gasteiger partial charge is 0.359 e. The number of amides is 4. The SMILES string of the molecule is O=C(Nc1ccc2c(c1)C(=O)NC2=O)Nc1c[nH]c2ccccc12. The molecule has 0 saturated heterocycles. The Labute approximate surface area is 136 Å². The van der Waals surface area contributed by atoms with Gasteiger partial charge in [-0.2, -0.15) is 0 Å². The molecule has 0 saturated carbocycles. The van der Waals surface area contributed by atoms with Crippen LogP contribution in [0.1, 0.15) is 20.7 Å². The molecule has 0 atom stereocenters. The Bertz CT molecular complexity index is 1010. The summed E-state index contributed by atoms with van der Waals surface area (Å²) in [6.45, 7) is 0. The van der Waals surface area contributed by atoms with Crippen LogP contribution in [0.2, 0.25) is 0 Å². The fourth-order valence-electron chi connectivity index (χ4n) is 2.71. The number of anilines is 2. The van der Waals surface area contributed by atoms with Crippen LogP contribution in [0.4, 0.5) is 16.2 Å². The van der Waals surface area contributed by atoms with Gasteiger partial charge in [-0.05, 0) is 24.3 Å². The number of H-pyrrole nitrogens is 1. The molecule has 2 heterocycles. The maximum atomic E-state index is 12.2. The van der Waals surface area contributed by atoms with E-state index < -0.39 is 17.8 Å². The highest BCUT2D eigenvalue weighted by molar-refractivity contribution is 6.22. The maximum absolute atomic E-state index is 12.2. The molecule has 4 rings (SSSR count). The van der Waals surface area contributed by atoms with Gasteiger partial charge >= 0.3 is 6.03 Å². The minimum Gasteiger partial charge on any atom is -0.359 e. The first kappa shape index (κ1) is 14.0. The summed E-state index contributed by atoms with van der Waals surface area (Å²) in [7, 11) is 0. The van der Waals surface area contributed by atoms with E-state index in [2.05, 4.69) is 20.9 Å². The van der Waals surface area contributed by atoms with Crippen LogP contribution in [-0.4, -0.2) is 22.8 Å². The van der Waals surface area contributed by atoms with Gasteiger partial charge in [-0.15, -0.1) is 0 Å². The van der Waals surface area contributed by atoms with Crippen LogP contribution in [-0.2, 0) is 0 Å².